The summed E-state index contributed by atoms with van der Waals surface area (Å²) in [6.07, 6.45) is 2.45. The molecule has 0 unspecified atom stereocenters. The van der Waals surface area contributed by atoms with Crippen LogP contribution in [0.4, 0.5) is 29.2 Å². The SMILES string of the molecule is C=CC(=O)N1CCN(c2nc(C#N)nc3c(F)c(-c4c(O)cccc4F)c(Cl)cc23)CC1.C=CC(=O)N1CCN(c2nc(C(N)=O)nc3c(F)c(-c4c(O)cccc4F)c(Cl)cc23)CC1. The van der Waals surface area contributed by atoms with Crippen molar-refractivity contribution in [3.05, 3.63) is 119 Å². The van der Waals surface area contributed by atoms with E-state index in [1.165, 1.54) is 48.6 Å². The molecule has 4 aromatic carbocycles. The predicted octanol–water partition coefficient (Wildman–Crippen LogP) is 6.51. The van der Waals surface area contributed by atoms with E-state index in [4.69, 9.17) is 28.9 Å². The number of piperazine rings is 2. The van der Waals surface area contributed by atoms with Crippen molar-refractivity contribution in [1.82, 2.24) is 29.7 Å². The average molecular weight is 930 g/mol. The molecule has 21 heteroatoms. The van der Waals surface area contributed by atoms with Crippen LogP contribution in [0.5, 0.6) is 11.5 Å². The molecule has 0 radical (unpaired) electrons. The van der Waals surface area contributed by atoms with Gasteiger partial charge in [0.1, 0.15) is 51.9 Å². The first kappa shape index (κ1) is 45.5. The van der Waals surface area contributed by atoms with E-state index in [-0.39, 0.29) is 66.7 Å². The van der Waals surface area contributed by atoms with E-state index < -0.39 is 63.2 Å². The second kappa shape index (κ2) is 18.7. The van der Waals surface area contributed by atoms with E-state index in [1.807, 2.05) is 6.07 Å². The predicted molar refractivity (Wildman–Crippen MR) is 234 cm³/mol. The topological polar surface area (TPSA) is 206 Å². The van der Waals surface area contributed by atoms with Crippen LogP contribution >= 0.6 is 23.2 Å². The number of halogens is 6. The highest BCUT2D eigenvalue weighted by Gasteiger charge is 2.30. The highest BCUT2D eigenvalue weighted by Crippen LogP contribution is 2.44. The molecule has 6 aromatic rings. The number of aromatic hydroxyl groups is 2. The minimum absolute atomic E-state index is 0.148. The van der Waals surface area contributed by atoms with Gasteiger partial charge in [-0.25, -0.2) is 37.5 Å². The Morgan fingerprint density at radius 3 is 1.46 bits per heavy atom. The number of benzene rings is 4. The fraction of sp³-hybridized carbons (Fsp3) is 0.182. The van der Waals surface area contributed by atoms with Crippen LogP contribution in [-0.4, -0.2) is 110 Å². The number of rotatable bonds is 7. The Kier molecular flexibility index (Phi) is 13.0. The van der Waals surface area contributed by atoms with Gasteiger partial charge < -0.3 is 35.5 Å². The molecule has 0 bridgehead atoms. The molecule has 2 aliphatic heterocycles. The quantitative estimate of drug-likeness (QED) is 0.116. The minimum Gasteiger partial charge on any atom is -0.507 e. The molecule has 0 aliphatic carbocycles. The number of phenolic OH excluding ortho intramolecular Hbond substituents is 2. The van der Waals surface area contributed by atoms with E-state index in [0.717, 1.165) is 12.1 Å². The monoisotopic (exact) mass is 928 g/mol. The number of carbonyl (C=O) groups is 3. The second-order valence-electron chi connectivity index (χ2n) is 14.4. The van der Waals surface area contributed by atoms with Gasteiger partial charge in [-0.3, -0.25) is 14.4 Å². The van der Waals surface area contributed by atoms with Crippen LogP contribution in [0.25, 0.3) is 44.1 Å². The minimum atomic E-state index is -1.04. The number of primary amides is 1. The molecule has 0 spiro atoms. The largest absolute Gasteiger partial charge is 0.507 e. The lowest BCUT2D eigenvalue weighted by Gasteiger charge is -2.35. The number of nitrogens with zero attached hydrogens (tertiary/aromatic N) is 9. The summed E-state index contributed by atoms with van der Waals surface area (Å²) in [6, 6.07) is 11.6. The number of phenols is 2. The third-order valence-electron chi connectivity index (χ3n) is 10.7. The Labute approximate surface area is 376 Å². The molecular formula is C44H34Cl2F4N10O5. The Bertz CT molecular complexity index is 2970. The third kappa shape index (κ3) is 8.73. The zero-order valence-corrected chi connectivity index (χ0v) is 35.3. The fourth-order valence-corrected chi connectivity index (χ4v) is 8.09. The molecule has 2 saturated heterocycles. The molecule has 8 rings (SSSR count). The van der Waals surface area contributed by atoms with Crippen molar-refractivity contribution in [2.75, 3.05) is 62.2 Å². The molecule has 3 amide bonds. The van der Waals surface area contributed by atoms with E-state index in [0.29, 0.717) is 52.4 Å². The van der Waals surface area contributed by atoms with E-state index in [2.05, 4.69) is 33.1 Å². The van der Waals surface area contributed by atoms with Gasteiger partial charge in [0.25, 0.3) is 5.91 Å². The summed E-state index contributed by atoms with van der Waals surface area (Å²) in [6.45, 7) is 9.84. The number of hydrogen-bond acceptors (Lipinski definition) is 12. The van der Waals surface area contributed by atoms with Crippen molar-refractivity contribution >= 4 is 74.4 Å². The van der Waals surface area contributed by atoms with Gasteiger partial charge in [-0.05, 0) is 48.6 Å². The molecule has 4 heterocycles. The van der Waals surface area contributed by atoms with Crippen LogP contribution in [0.3, 0.4) is 0 Å². The number of carbonyl (C=O) groups excluding carboxylic acids is 3. The zero-order valence-electron chi connectivity index (χ0n) is 33.8. The lowest BCUT2D eigenvalue weighted by atomic mass is 10.0. The van der Waals surface area contributed by atoms with Crippen molar-refractivity contribution in [2.24, 2.45) is 5.73 Å². The molecule has 65 heavy (non-hydrogen) atoms. The summed E-state index contributed by atoms with van der Waals surface area (Å²) in [5.41, 5.74) is 3.25. The van der Waals surface area contributed by atoms with Crippen LogP contribution < -0.4 is 15.5 Å². The highest BCUT2D eigenvalue weighted by atomic mass is 35.5. The smallest absolute Gasteiger partial charge is 0.286 e. The van der Waals surface area contributed by atoms with Crippen LogP contribution in [-0.2, 0) is 9.59 Å². The van der Waals surface area contributed by atoms with Crippen LogP contribution in [0, 0.1) is 34.6 Å². The lowest BCUT2D eigenvalue weighted by Crippen LogP contribution is -2.48. The summed E-state index contributed by atoms with van der Waals surface area (Å²) >= 11 is 12.7. The van der Waals surface area contributed by atoms with Crippen molar-refractivity contribution < 1.29 is 42.2 Å². The molecule has 4 N–H and O–H groups in total. The van der Waals surface area contributed by atoms with Gasteiger partial charge in [0.05, 0.1) is 21.2 Å². The van der Waals surface area contributed by atoms with Gasteiger partial charge in [0.2, 0.25) is 23.5 Å². The first-order valence-corrected chi connectivity index (χ1v) is 20.2. The van der Waals surface area contributed by atoms with Gasteiger partial charge in [0.15, 0.2) is 11.6 Å². The first-order valence-electron chi connectivity index (χ1n) is 19.5. The fourth-order valence-electron chi connectivity index (χ4n) is 7.52. The molecule has 15 nitrogen and oxygen atoms in total. The number of fused-ring (bicyclic) bond motifs is 2. The summed E-state index contributed by atoms with van der Waals surface area (Å²) in [5.74, 6) is -6.39. The Balaban J connectivity index is 0.000000194. The summed E-state index contributed by atoms with van der Waals surface area (Å²) in [7, 11) is 0. The summed E-state index contributed by atoms with van der Waals surface area (Å²) in [5, 5.41) is 29.7. The molecule has 2 aromatic heterocycles. The maximum Gasteiger partial charge on any atom is 0.286 e. The Morgan fingerprint density at radius 1 is 0.662 bits per heavy atom. The lowest BCUT2D eigenvalue weighted by molar-refractivity contribution is -0.127. The molecule has 2 aliphatic rings. The molecular weight excluding hydrogens is 895 g/mol. The van der Waals surface area contributed by atoms with Gasteiger partial charge >= 0.3 is 0 Å². The number of nitrogens with two attached hydrogens (primary N) is 1. The second-order valence-corrected chi connectivity index (χ2v) is 15.2. The van der Waals surface area contributed by atoms with Crippen molar-refractivity contribution in [3.63, 3.8) is 0 Å². The Morgan fingerprint density at radius 2 is 1.08 bits per heavy atom. The molecule has 2 fully saturated rings. The van der Waals surface area contributed by atoms with Crippen LogP contribution in [0.15, 0.2) is 73.8 Å². The van der Waals surface area contributed by atoms with Crippen LogP contribution in [0.2, 0.25) is 10.0 Å². The summed E-state index contributed by atoms with van der Waals surface area (Å²) < 4.78 is 60.2. The maximum absolute atomic E-state index is 15.7. The van der Waals surface area contributed by atoms with Gasteiger partial charge in [-0.2, -0.15) is 5.26 Å². The highest BCUT2D eigenvalue weighted by molar-refractivity contribution is 6.35. The number of hydrogen-bond donors (Lipinski definition) is 3. The number of amides is 3. The van der Waals surface area contributed by atoms with E-state index in [9.17, 15) is 38.6 Å². The molecule has 0 saturated carbocycles. The van der Waals surface area contributed by atoms with Crippen molar-refractivity contribution in [2.45, 2.75) is 0 Å². The van der Waals surface area contributed by atoms with Gasteiger partial charge in [0, 0.05) is 74.3 Å². The van der Waals surface area contributed by atoms with Crippen molar-refractivity contribution in [1.29, 1.82) is 5.26 Å². The number of anilines is 2. The van der Waals surface area contributed by atoms with Gasteiger partial charge in [-0.1, -0.05) is 48.5 Å². The number of nitriles is 1. The summed E-state index contributed by atoms with van der Waals surface area (Å²) in [4.78, 5) is 58.7. The van der Waals surface area contributed by atoms with Crippen LogP contribution in [0.1, 0.15) is 16.4 Å². The Hall–Kier alpha value is -7.56. The van der Waals surface area contributed by atoms with E-state index >= 15 is 8.78 Å². The first-order chi connectivity index (χ1) is 31.1. The van der Waals surface area contributed by atoms with E-state index in [1.54, 1.807) is 19.6 Å². The maximum atomic E-state index is 15.7. The third-order valence-corrected chi connectivity index (χ3v) is 11.3. The van der Waals surface area contributed by atoms with Crippen molar-refractivity contribution in [3.8, 4) is 39.8 Å². The average Bonchev–Trinajstić information content (AvgIpc) is 3.30. The molecule has 332 valence electrons. The standard InChI is InChI=1S/C22H18ClF2N5O3.C22H16ClF2N5O2/c1-2-15(32)29-6-8-30(9-7-29)22-11-10-12(23)16(17-13(24)4-3-5-14(17)31)18(25)19(11)27-21(28-22)20(26)33;1-2-17(32)29-6-8-30(9-7-29)22-12-10-13(23)18(19-14(24)4-3-5-15(19)31)20(25)21(12)27-16(11-26)28-22/h2-5,10,31H,1,6-9H2,(H2,26,33);2-5,10,31H,1,6-9H2. The zero-order chi connectivity index (χ0) is 46.9. The molecule has 0 atom stereocenters. The van der Waals surface area contributed by atoms with Gasteiger partial charge in [-0.15, -0.1) is 0 Å². The normalized spacial score (nSPS) is 13.9. The number of aromatic nitrogens is 4.